The summed E-state index contributed by atoms with van der Waals surface area (Å²) in [6.07, 6.45) is 1.31. The molecule has 1 unspecified atom stereocenters. The van der Waals surface area contributed by atoms with Crippen molar-refractivity contribution in [1.29, 1.82) is 0 Å². The Morgan fingerprint density at radius 1 is 1.09 bits per heavy atom. The van der Waals surface area contributed by atoms with E-state index in [1.807, 2.05) is 24.3 Å². The molecule has 9 heteroatoms. The van der Waals surface area contributed by atoms with Gasteiger partial charge in [0.25, 0.3) is 0 Å². The molecule has 2 amide bonds. The van der Waals surface area contributed by atoms with E-state index in [2.05, 4.69) is 40.0 Å². The van der Waals surface area contributed by atoms with Crippen LogP contribution in [-0.4, -0.2) is 45.5 Å². The predicted octanol–water partition coefficient (Wildman–Crippen LogP) is 3.44. The first-order valence-corrected chi connectivity index (χ1v) is 11.5. The van der Waals surface area contributed by atoms with E-state index in [-0.39, 0.29) is 43.0 Å². The standard InChI is InChI=1S/C26H28N4O5/c1-16(11-12-24(31)27-14-23-21(25(32)33)13-28-30(23)2)29-26(34)35-15-22-19-9-5-3-7-17(19)18-8-4-6-10-20(18)22/h3-10,13,16,22H,11-12,14-15H2,1-2H3,(H,27,31)(H,29,34)(H,32,33). The van der Waals surface area contributed by atoms with Gasteiger partial charge in [-0.3, -0.25) is 9.48 Å². The Morgan fingerprint density at radius 3 is 2.34 bits per heavy atom. The van der Waals surface area contributed by atoms with Crippen LogP contribution < -0.4 is 10.6 Å². The minimum atomic E-state index is -1.09. The molecule has 1 heterocycles. The molecule has 1 aliphatic rings. The van der Waals surface area contributed by atoms with Crippen LogP contribution in [0.4, 0.5) is 4.79 Å². The maximum Gasteiger partial charge on any atom is 0.407 e. The van der Waals surface area contributed by atoms with Crippen molar-refractivity contribution in [2.24, 2.45) is 7.05 Å². The van der Waals surface area contributed by atoms with Gasteiger partial charge in [-0.25, -0.2) is 9.59 Å². The number of carboxylic acid groups (broad SMARTS) is 1. The predicted molar refractivity (Wildman–Crippen MR) is 129 cm³/mol. The van der Waals surface area contributed by atoms with Gasteiger partial charge in [0.2, 0.25) is 5.91 Å². The topological polar surface area (TPSA) is 123 Å². The normalized spacial score (nSPS) is 13.0. The van der Waals surface area contributed by atoms with Crippen molar-refractivity contribution < 1.29 is 24.2 Å². The Hall–Kier alpha value is -4.14. The Kier molecular flexibility index (Phi) is 7.14. The first-order valence-electron chi connectivity index (χ1n) is 11.5. The summed E-state index contributed by atoms with van der Waals surface area (Å²) in [4.78, 5) is 35.9. The van der Waals surface area contributed by atoms with Crippen molar-refractivity contribution >= 4 is 18.0 Å². The number of amides is 2. The molecule has 0 spiro atoms. The first kappa shape index (κ1) is 24.0. The fourth-order valence-electron chi connectivity index (χ4n) is 4.38. The molecule has 1 aromatic heterocycles. The average Bonchev–Trinajstić information content (AvgIpc) is 3.37. The van der Waals surface area contributed by atoms with Gasteiger partial charge in [-0.1, -0.05) is 48.5 Å². The Labute approximate surface area is 203 Å². The van der Waals surface area contributed by atoms with Crippen LogP contribution in [0.5, 0.6) is 0 Å². The third-order valence-electron chi connectivity index (χ3n) is 6.26. The maximum atomic E-state index is 12.4. The number of nitrogens with one attached hydrogen (secondary N) is 2. The molecule has 2 aromatic carbocycles. The number of hydrogen-bond donors (Lipinski definition) is 3. The van der Waals surface area contributed by atoms with Gasteiger partial charge in [-0.2, -0.15) is 5.10 Å². The molecule has 0 aliphatic heterocycles. The van der Waals surface area contributed by atoms with E-state index in [4.69, 9.17) is 4.74 Å². The number of rotatable bonds is 9. The third kappa shape index (κ3) is 5.34. The van der Waals surface area contributed by atoms with Crippen LogP contribution >= 0.6 is 0 Å². The summed E-state index contributed by atoms with van der Waals surface area (Å²) in [6, 6.07) is 16.0. The lowest BCUT2D eigenvalue weighted by Crippen LogP contribution is -2.35. The second-order valence-corrected chi connectivity index (χ2v) is 8.62. The molecule has 0 radical (unpaired) electrons. The number of fused-ring (bicyclic) bond motifs is 3. The van der Waals surface area contributed by atoms with Crippen molar-refractivity contribution in [2.75, 3.05) is 6.61 Å². The summed E-state index contributed by atoms with van der Waals surface area (Å²) in [5.74, 6) is -1.36. The SMILES string of the molecule is CC(CCC(=O)NCc1c(C(=O)O)cnn1C)NC(=O)OCC1c2ccccc2-c2ccccc21. The summed E-state index contributed by atoms with van der Waals surface area (Å²) < 4.78 is 6.97. The van der Waals surface area contributed by atoms with Gasteiger partial charge in [0.05, 0.1) is 18.4 Å². The number of aromatic nitrogens is 2. The zero-order valence-corrected chi connectivity index (χ0v) is 19.7. The third-order valence-corrected chi connectivity index (χ3v) is 6.26. The Bertz CT molecular complexity index is 1210. The van der Waals surface area contributed by atoms with Gasteiger partial charge < -0.3 is 20.5 Å². The van der Waals surface area contributed by atoms with Crippen molar-refractivity contribution in [3.63, 3.8) is 0 Å². The molecular formula is C26H28N4O5. The highest BCUT2D eigenvalue weighted by molar-refractivity contribution is 5.88. The van der Waals surface area contributed by atoms with Crippen LogP contribution in [-0.2, 0) is 23.1 Å². The zero-order chi connectivity index (χ0) is 24.9. The summed E-state index contributed by atoms with van der Waals surface area (Å²) >= 11 is 0. The highest BCUT2D eigenvalue weighted by Gasteiger charge is 2.29. The molecule has 1 atom stereocenters. The summed E-state index contributed by atoms with van der Waals surface area (Å²) in [5.41, 5.74) is 5.08. The molecule has 1 aliphatic carbocycles. The second kappa shape index (κ2) is 10.4. The first-order chi connectivity index (χ1) is 16.8. The van der Waals surface area contributed by atoms with E-state index in [1.54, 1.807) is 14.0 Å². The number of carboxylic acids is 1. The van der Waals surface area contributed by atoms with Crippen LogP contribution in [0.25, 0.3) is 11.1 Å². The number of aryl methyl sites for hydroxylation is 1. The molecular weight excluding hydrogens is 448 g/mol. The quantitative estimate of drug-likeness (QED) is 0.435. The number of carbonyl (C=O) groups excluding carboxylic acids is 2. The zero-order valence-electron chi connectivity index (χ0n) is 19.7. The number of carbonyl (C=O) groups is 3. The van der Waals surface area contributed by atoms with Gasteiger partial charge in [0.15, 0.2) is 0 Å². The van der Waals surface area contributed by atoms with Crippen LogP contribution in [0, 0.1) is 0 Å². The van der Waals surface area contributed by atoms with E-state index in [0.717, 1.165) is 22.3 Å². The summed E-state index contributed by atoms with van der Waals surface area (Å²) in [7, 11) is 1.62. The number of nitrogens with zero attached hydrogens (tertiary/aromatic N) is 2. The van der Waals surface area contributed by atoms with Crippen LogP contribution in [0.2, 0.25) is 0 Å². The van der Waals surface area contributed by atoms with Crippen LogP contribution in [0.1, 0.15) is 52.9 Å². The molecule has 3 aromatic rings. The highest BCUT2D eigenvalue weighted by Crippen LogP contribution is 2.44. The minimum absolute atomic E-state index is 0.0167. The van der Waals surface area contributed by atoms with Gasteiger partial charge >= 0.3 is 12.1 Å². The number of benzene rings is 2. The monoisotopic (exact) mass is 476 g/mol. The molecule has 3 N–H and O–H groups in total. The Balaban J connectivity index is 1.23. The second-order valence-electron chi connectivity index (χ2n) is 8.62. The van der Waals surface area contributed by atoms with Crippen molar-refractivity contribution in [2.45, 2.75) is 38.3 Å². The summed E-state index contributed by atoms with van der Waals surface area (Å²) in [5, 5.41) is 18.6. The maximum absolute atomic E-state index is 12.4. The smallest absolute Gasteiger partial charge is 0.407 e. The molecule has 4 rings (SSSR count). The molecule has 0 bridgehead atoms. The van der Waals surface area contributed by atoms with Crippen molar-refractivity contribution in [1.82, 2.24) is 20.4 Å². The number of ether oxygens (including phenoxy) is 1. The van der Waals surface area contributed by atoms with Crippen LogP contribution in [0.15, 0.2) is 54.7 Å². The van der Waals surface area contributed by atoms with Gasteiger partial charge in [0, 0.05) is 25.4 Å². The average molecular weight is 477 g/mol. The van der Waals surface area contributed by atoms with Crippen molar-refractivity contribution in [3.05, 3.63) is 77.1 Å². The van der Waals surface area contributed by atoms with E-state index >= 15 is 0 Å². The number of alkyl carbamates (subject to hydrolysis) is 1. The van der Waals surface area contributed by atoms with E-state index in [1.165, 1.54) is 10.9 Å². The van der Waals surface area contributed by atoms with Gasteiger partial charge in [0.1, 0.15) is 12.2 Å². The van der Waals surface area contributed by atoms with E-state index < -0.39 is 12.1 Å². The largest absolute Gasteiger partial charge is 0.478 e. The highest BCUT2D eigenvalue weighted by atomic mass is 16.5. The van der Waals surface area contributed by atoms with Gasteiger partial charge in [-0.05, 0) is 35.6 Å². The van der Waals surface area contributed by atoms with E-state index in [0.29, 0.717) is 12.1 Å². The van der Waals surface area contributed by atoms with Crippen LogP contribution in [0.3, 0.4) is 0 Å². The lowest BCUT2D eigenvalue weighted by atomic mass is 9.98. The molecule has 0 fully saturated rings. The molecule has 0 saturated heterocycles. The lowest BCUT2D eigenvalue weighted by molar-refractivity contribution is -0.121. The summed E-state index contributed by atoms with van der Waals surface area (Å²) in [6.45, 7) is 2.09. The molecule has 9 nitrogen and oxygen atoms in total. The fourth-order valence-corrected chi connectivity index (χ4v) is 4.38. The van der Waals surface area contributed by atoms with Gasteiger partial charge in [-0.15, -0.1) is 0 Å². The van der Waals surface area contributed by atoms with Crippen molar-refractivity contribution in [3.8, 4) is 11.1 Å². The van der Waals surface area contributed by atoms with E-state index in [9.17, 15) is 19.5 Å². The fraction of sp³-hybridized carbons (Fsp3) is 0.308. The molecule has 35 heavy (non-hydrogen) atoms. The number of hydrogen-bond acceptors (Lipinski definition) is 5. The number of aromatic carboxylic acids is 1. The molecule has 0 saturated carbocycles. The Morgan fingerprint density at radius 2 is 1.71 bits per heavy atom. The minimum Gasteiger partial charge on any atom is -0.478 e. The molecule has 182 valence electrons. The lowest BCUT2D eigenvalue weighted by Gasteiger charge is -2.17.